The van der Waals surface area contributed by atoms with Crippen molar-refractivity contribution in [2.45, 2.75) is 6.54 Å². The molecule has 16 heavy (non-hydrogen) atoms. The fourth-order valence-electron chi connectivity index (χ4n) is 1.64. The SMILES string of the molecule is CN1C(=O)CN(Cc2cccc(Cl)c2)C1=O. The van der Waals surface area contributed by atoms with Crippen LogP contribution < -0.4 is 0 Å². The monoisotopic (exact) mass is 238 g/mol. The second kappa shape index (κ2) is 4.14. The molecule has 1 fully saturated rings. The lowest BCUT2D eigenvalue weighted by atomic mass is 10.2. The summed E-state index contributed by atoms with van der Waals surface area (Å²) in [6.07, 6.45) is 0. The minimum absolute atomic E-state index is 0.141. The molecular formula is C11H11ClN2O2. The number of halogens is 1. The van der Waals surface area contributed by atoms with Crippen molar-refractivity contribution in [3.8, 4) is 0 Å². The van der Waals surface area contributed by atoms with Crippen molar-refractivity contribution in [3.05, 3.63) is 34.9 Å². The molecule has 0 spiro atoms. The van der Waals surface area contributed by atoms with Gasteiger partial charge in [-0.1, -0.05) is 23.7 Å². The van der Waals surface area contributed by atoms with E-state index in [9.17, 15) is 9.59 Å². The van der Waals surface area contributed by atoms with E-state index >= 15 is 0 Å². The van der Waals surface area contributed by atoms with Crippen LogP contribution >= 0.6 is 11.6 Å². The van der Waals surface area contributed by atoms with Crippen molar-refractivity contribution in [1.29, 1.82) is 0 Å². The van der Waals surface area contributed by atoms with E-state index in [1.165, 1.54) is 11.9 Å². The van der Waals surface area contributed by atoms with Crippen molar-refractivity contribution >= 4 is 23.5 Å². The van der Waals surface area contributed by atoms with Gasteiger partial charge in [0, 0.05) is 18.6 Å². The van der Waals surface area contributed by atoms with Gasteiger partial charge in [-0.15, -0.1) is 0 Å². The van der Waals surface area contributed by atoms with Gasteiger partial charge in [-0.2, -0.15) is 0 Å². The van der Waals surface area contributed by atoms with Gasteiger partial charge in [-0.05, 0) is 17.7 Å². The molecule has 5 heteroatoms. The minimum Gasteiger partial charge on any atom is -0.311 e. The smallest absolute Gasteiger partial charge is 0.311 e. The average Bonchev–Trinajstić information content (AvgIpc) is 2.47. The molecule has 1 aliphatic heterocycles. The molecular weight excluding hydrogens is 228 g/mol. The number of hydrogen-bond donors (Lipinski definition) is 0. The van der Waals surface area contributed by atoms with E-state index in [-0.39, 0.29) is 18.5 Å². The third-order valence-electron chi connectivity index (χ3n) is 2.52. The summed E-state index contributed by atoms with van der Waals surface area (Å²) in [5, 5.41) is 0.629. The summed E-state index contributed by atoms with van der Waals surface area (Å²) < 4.78 is 0. The Balaban J connectivity index is 2.12. The summed E-state index contributed by atoms with van der Waals surface area (Å²) in [7, 11) is 1.49. The van der Waals surface area contributed by atoms with Crippen LogP contribution in [0.25, 0.3) is 0 Å². The highest BCUT2D eigenvalue weighted by Crippen LogP contribution is 2.16. The highest BCUT2D eigenvalue weighted by molar-refractivity contribution is 6.30. The number of nitrogens with zero attached hydrogens (tertiary/aromatic N) is 2. The standard InChI is InChI=1S/C11H11ClN2O2/c1-13-10(15)7-14(11(13)16)6-8-3-2-4-9(12)5-8/h2-5H,6-7H2,1H3. The predicted octanol–water partition coefficient (Wildman–Crippen LogP) is 1.73. The van der Waals surface area contributed by atoms with Gasteiger partial charge in [0.05, 0.1) is 0 Å². The fourth-order valence-corrected chi connectivity index (χ4v) is 1.85. The van der Waals surface area contributed by atoms with E-state index in [2.05, 4.69) is 0 Å². The van der Waals surface area contributed by atoms with E-state index in [1.807, 2.05) is 12.1 Å². The van der Waals surface area contributed by atoms with E-state index < -0.39 is 0 Å². The van der Waals surface area contributed by atoms with E-state index in [4.69, 9.17) is 11.6 Å². The molecule has 2 rings (SSSR count). The number of urea groups is 1. The molecule has 1 aromatic carbocycles. The fraction of sp³-hybridized carbons (Fsp3) is 0.273. The number of carbonyl (C=O) groups excluding carboxylic acids is 2. The number of rotatable bonds is 2. The summed E-state index contributed by atoms with van der Waals surface area (Å²) in [6, 6.07) is 7.00. The molecule has 1 aliphatic rings. The summed E-state index contributed by atoms with van der Waals surface area (Å²) in [5.74, 6) is -0.174. The molecule has 0 bridgehead atoms. The van der Waals surface area contributed by atoms with Crippen LogP contribution in [0.1, 0.15) is 5.56 Å². The molecule has 3 amide bonds. The minimum atomic E-state index is -0.259. The molecule has 4 nitrogen and oxygen atoms in total. The molecule has 0 N–H and O–H groups in total. The number of hydrogen-bond acceptors (Lipinski definition) is 2. The maximum atomic E-state index is 11.6. The van der Waals surface area contributed by atoms with Crippen molar-refractivity contribution in [3.63, 3.8) is 0 Å². The number of amides is 3. The Kier molecular flexibility index (Phi) is 2.83. The number of carbonyl (C=O) groups is 2. The van der Waals surface area contributed by atoms with Crippen LogP contribution in [0.15, 0.2) is 24.3 Å². The second-order valence-electron chi connectivity index (χ2n) is 3.72. The van der Waals surface area contributed by atoms with Crippen molar-refractivity contribution in [2.75, 3.05) is 13.6 Å². The Labute approximate surface area is 98.4 Å². The van der Waals surface area contributed by atoms with Gasteiger partial charge in [0.25, 0.3) is 0 Å². The maximum Gasteiger partial charge on any atom is 0.327 e. The van der Waals surface area contributed by atoms with Crippen molar-refractivity contribution in [1.82, 2.24) is 9.80 Å². The van der Waals surface area contributed by atoms with Gasteiger partial charge in [-0.25, -0.2) is 4.79 Å². The normalized spacial score (nSPS) is 16.1. The molecule has 0 aliphatic carbocycles. The molecule has 0 aromatic heterocycles. The van der Waals surface area contributed by atoms with Gasteiger partial charge < -0.3 is 4.90 Å². The summed E-state index contributed by atoms with van der Waals surface area (Å²) in [5.41, 5.74) is 0.920. The molecule has 0 unspecified atom stereocenters. The second-order valence-corrected chi connectivity index (χ2v) is 4.16. The lowest BCUT2D eigenvalue weighted by Crippen LogP contribution is -2.29. The highest BCUT2D eigenvalue weighted by atomic mass is 35.5. The first-order valence-electron chi connectivity index (χ1n) is 4.88. The zero-order chi connectivity index (χ0) is 11.7. The number of imide groups is 1. The van der Waals surface area contributed by atoms with Crippen LogP contribution in [0, 0.1) is 0 Å². The Bertz CT molecular complexity index is 447. The van der Waals surface area contributed by atoms with E-state index in [1.54, 1.807) is 12.1 Å². The Morgan fingerprint density at radius 1 is 1.38 bits per heavy atom. The van der Waals surface area contributed by atoms with E-state index in [0.29, 0.717) is 11.6 Å². The summed E-state index contributed by atoms with van der Waals surface area (Å²) >= 11 is 5.84. The largest absolute Gasteiger partial charge is 0.327 e. The van der Waals surface area contributed by atoms with Crippen molar-refractivity contribution in [2.24, 2.45) is 0 Å². The third-order valence-corrected chi connectivity index (χ3v) is 2.76. The first-order valence-corrected chi connectivity index (χ1v) is 5.25. The third kappa shape index (κ3) is 2.02. The van der Waals surface area contributed by atoms with Crippen LogP contribution in [0.5, 0.6) is 0 Å². The summed E-state index contributed by atoms with van der Waals surface area (Å²) in [4.78, 5) is 25.5. The van der Waals surface area contributed by atoms with Gasteiger partial charge in [-0.3, -0.25) is 9.69 Å². The summed E-state index contributed by atoms with van der Waals surface area (Å²) in [6.45, 7) is 0.553. The van der Waals surface area contributed by atoms with Crippen LogP contribution in [0.4, 0.5) is 4.79 Å². The van der Waals surface area contributed by atoms with Gasteiger partial charge >= 0.3 is 6.03 Å². The number of likely N-dealkylation sites (N-methyl/N-ethyl adjacent to an activating group) is 1. The first-order chi connectivity index (χ1) is 7.58. The van der Waals surface area contributed by atoms with Crippen LogP contribution in [-0.2, 0) is 11.3 Å². The lowest BCUT2D eigenvalue weighted by Gasteiger charge is -2.14. The molecule has 0 atom stereocenters. The zero-order valence-electron chi connectivity index (χ0n) is 8.81. The molecule has 1 aromatic rings. The van der Waals surface area contributed by atoms with Gasteiger partial charge in [0.15, 0.2) is 0 Å². The van der Waals surface area contributed by atoms with Crippen LogP contribution in [-0.4, -0.2) is 35.3 Å². The van der Waals surface area contributed by atoms with Crippen molar-refractivity contribution < 1.29 is 9.59 Å². The Hall–Kier alpha value is -1.55. The molecule has 0 saturated carbocycles. The van der Waals surface area contributed by atoms with Crippen LogP contribution in [0.2, 0.25) is 5.02 Å². The zero-order valence-corrected chi connectivity index (χ0v) is 9.57. The molecule has 0 radical (unpaired) electrons. The van der Waals surface area contributed by atoms with Crippen LogP contribution in [0.3, 0.4) is 0 Å². The molecule has 84 valence electrons. The highest BCUT2D eigenvalue weighted by Gasteiger charge is 2.32. The topological polar surface area (TPSA) is 40.6 Å². The predicted molar refractivity (Wildman–Crippen MR) is 60.0 cm³/mol. The average molecular weight is 239 g/mol. The van der Waals surface area contributed by atoms with Gasteiger partial charge in [0.1, 0.15) is 6.54 Å². The molecule has 1 heterocycles. The maximum absolute atomic E-state index is 11.6. The van der Waals surface area contributed by atoms with Gasteiger partial charge in [0.2, 0.25) is 5.91 Å². The lowest BCUT2D eigenvalue weighted by molar-refractivity contribution is -0.124. The first kappa shape index (κ1) is 11.0. The number of benzene rings is 1. The van der Waals surface area contributed by atoms with E-state index in [0.717, 1.165) is 10.5 Å². The quantitative estimate of drug-likeness (QED) is 0.737. The Morgan fingerprint density at radius 2 is 2.12 bits per heavy atom. The Morgan fingerprint density at radius 3 is 2.69 bits per heavy atom. The molecule has 1 saturated heterocycles.